The normalized spacial score (nSPS) is 27.9. The third kappa shape index (κ3) is 2.32. The Labute approximate surface area is 110 Å². The fourth-order valence-electron chi connectivity index (χ4n) is 2.42. The van der Waals surface area contributed by atoms with E-state index in [2.05, 4.69) is 19.6 Å². The van der Waals surface area contributed by atoms with Crippen LogP contribution in [0.3, 0.4) is 0 Å². The van der Waals surface area contributed by atoms with Crippen molar-refractivity contribution in [3.63, 3.8) is 0 Å². The van der Waals surface area contributed by atoms with Crippen LogP contribution in [-0.2, 0) is 11.4 Å². The number of fused-ring (bicyclic) bond motifs is 2. The second kappa shape index (κ2) is 5.19. The van der Waals surface area contributed by atoms with Crippen LogP contribution in [-0.4, -0.2) is 46.4 Å². The van der Waals surface area contributed by atoms with Crippen molar-refractivity contribution < 1.29 is 9.57 Å². The molecular formula is C11H16N4O2S. The molecule has 0 aliphatic carbocycles. The van der Waals surface area contributed by atoms with Crippen LogP contribution in [0.25, 0.3) is 0 Å². The molecular weight excluding hydrogens is 252 g/mol. The van der Waals surface area contributed by atoms with E-state index in [-0.39, 0.29) is 0 Å². The van der Waals surface area contributed by atoms with E-state index < -0.39 is 0 Å². The summed E-state index contributed by atoms with van der Waals surface area (Å²) in [4.78, 5) is 7.79. The van der Waals surface area contributed by atoms with Gasteiger partial charge in [-0.3, -0.25) is 4.90 Å². The molecule has 7 heteroatoms. The molecule has 2 aliphatic rings. The average Bonchev–Trinajstić information content (AvgIpc) is 3.06. The van der Waals surface area contributed by atoms with E-state index in [9.17, 15) is 0 Å². The van der Waals surface area contributed by atoms with Gasteiger partial charge >= 0.3 is 0 Å². The molecule has 0 saturated carbocycles. The molecule has 0 spiro atoms. The molecule has 0 amide bonds. The van der Waals surface area contributed by atoms with E-state index in [1.165, 1.54) is 30.2 Å². The summed E-state index contributed by atoms with van der Waals surface area (Å²) in [5, 5.41) is 8.95. The quantitative estimate of drug-likeness (QED) is 0.750. The summed E-state index contributed by atoms with van der Waals surface area (Å²) >= 11 is 1.25. The lowest BCUT2D eigenvalue weighted by Gasteiger charge is -2.12. The van der Waals surface area contributed by atoms with Crippen LogP contribution in [0.1, 0.15) is 19.0 Å². The Morgan fingerprint density at radius 3 is 3.22 bits per heavy atom. The average molecular weight is 268 g/mol. The number of hydrogen-bond donors (Lipinski definition) is 0. The summed E-state index contributed by atoms with van der Waals surface area (Å²) in [6, 6.07) is 0. The number of aromatic nitrogens is 2. The fraction of sp³-hybridized carbons (Fsp3) is 0.727. The van der Waals surface area contributed by atoms with Crippen molar-refractivity contribution in [2.24, 2.45) is 11.1 Å². The molecule has 0 N–H and O–H groups in total. The first-order valence-electron chi connectivity index (χ1n) is 6.22. The van der Waals surface area contributed by atoms with Crippen molar-refractivity contribution in [3.05, 3.63) is 5.69 Å². The van der Waals surface area contributed by atoms with Crippen LogP contribution in [0, 0.1) is 5.92 Å². The SMILES string of the molecule is CCOc1snnc1CO/N=C1\CN2CCC1C2. The Morgan fingerprint density at radius 2 is 2.50 bits per heavy atom. The van der Waals surface area contributed by atoms with E-state index in [0.29, 0.717) is 19.1 Å². The lowest BCUT2D eigenvalue weighted by molar-refractivity contribution is 0.123. The lowest BCUT2D eigenvalue weighted by atomic mass is 10.0. The second-order valence-electron chi connectivity index (χ2n) is 4.52. The molecule has 2 unspecified atom stereocenters. The molecule has 2 bridgehead atoms. The number of oxime groups is 1. The van der Waals surface area contributed by atoms with Crippen LogP contribution in [0.15, 0.2) is 5.16 Å². The molecule has 3 heterocycles. The minimum Gasteiger partial charge on any atom is -0.482 e. The summed E-state index contributed by atoms with van der Waals surface area (Å²) < 4.78 is 9.27. The molecule has 18 heavy (non-hydrogen) atoms. The number of piperidine rings is 1. The number of ether oxygens (including phenoxy) is 1. The van der Waals surface area contributed by atoms with Gasteiger partial charge in [0.05, 0.1) is 12.3 Å². The van der Waals surface area contributed by atoms with Gasteiger partial charge in [-0.05, 0) is 19.9 Å². The van der Waals surface area contributed by atoms with Crippen molar-refractivity contribution in [1.29, 1.82) is 0 Å². The lowest BCUT2D eigenvalue weighted by Crippen LogP contribution is -2.23. The molecule has 2 fully saturated rings. The maximum absolute atomic E-state index is 5.41. The maximum Gasteiger partial charge on any atom is 0.221 e. The largest absolute Gasteiger partial charge is 0.482 e. The number of hydrogen-bond acceptors (Lipinski definition) is 7. The molecule has 0 aromatic carbocycles. The molecule has 2 saturated heterocycles. The third-order valence-electron chi connectivity index (χ3n) is 3.31. The molecule has 6 nitrogen and oxygen atoms in total. The van der Waals surface area contributed by atoms with Crippen molar-refractivity contribution in [2.45, 2.75) is 20.0 Å². The number of rotatable bonds is 5. The van der Waals surface area contributed by atoms with E-state index in [1.54, 1.807) is 0 Å². The molecule has 1 aromatic heterocycles. The van der Waals surface area contributed by atoms with Gasteiger partial charge in [-0.1, -0.05) is 9.64 Å². The van der Waals surface area contributed by atoms with Gasteiger partial charge in [0, 0.05) is 30.5 Å². The van der Waals surface area contributed by atoms with E-state index in [1.807, 2.05) is 6.92 Å². The van der Waals surface area contributed by atoms with Crippen LogP contribution in [0.2, 0.25) is 0 Å². The Kier molecular flexibility index (Phi) is 3.42. The zero-order chi connectivity index (χ0) is 12.4. The zero-order valence-corrected chi connectivity index (χ0v) is 11.2. The van der Waals surface area contributed by atoms with Gasteiger partial charge in [-0.2, -0.15) is 0 Å². The van der Waals surface area contributed by atoms with Gasteiger partial charge in [0.15, 0.2) is 12.3 Å². The van der Waals surface area contributed by atoms with Crippen molar-refractivity contribution in [2.75, 3.05) is 26.2 Å². The minimum absolute atomic E-state index is 0.335. The molecule has 2 atom stereocenters. The van der Waals surface area contributed by atoms with Gasteiger partial charge in [-0.25, -0.2) is 0 Å². The summed E-state index contributed by atoms with van der Waals surface area (Å²) in [7, 11) is 0. The first kappa shape index (κ1) is 11.9. The van der Waals surface area contributed by atoms with Crippen molar-refractivity contribution in [1.82, 2.24) is 14.5 Å². The maximum atomic E-state index is 5.41. The summed E-state index contributed by atoms with van der Waals surface area (Å²) in [5.74, 6) is 0.602. The highest BCUT2D eigenvalue weighted by atomic mass is 32.1. The zero-order valence-electron chi connectivity index (χ0n) is 10.3. The van der Waals surface area contributed by atoms with E-state index >= 15 is 0 Å². The minimum atomic E-state index is 0.335. The standard InChI is InChI=1S/C11H16N4O2S/c1-2-16-11-10(12-14-18-11)7-17-13-9-6-15-4-3-8(9)5-15/h8H,2-7H2,1H3/b13-9+. The second-order valence-corrected chi connectivity index (χ2v) is 5.23. The Hall–Kier alpha value is -1.21. The Morgan fingerprint density at radius 1 is 1.56 bits per heavy atom. The highest BCUT2D eigenvalue weighted by Crippen LogP contribution is 2.26. The molecule has 0 radical (unpaired) electrons. The van der Waals surface area contributed by atoms with E-state index in [4.69, 9.17) is 9.57 Å². The van der Waals surface area contributed by atoms with Crippen molar-refractivity contribution >= 4 is 17.2 Å². The first-order chi connectivity index (χ1) is 8.86. The summed E-state index contributed by atoms with van der Waals surface area (Å²) in [6.45, 7) is 6.19. The summed E-state index contributed by atoms with van der Waals surface area (Å²) in [6.07, 6.45) is 1.21. The van der Waals surface area contributed by atoms with Gasteiger partial charge in [-0.15, -0.1) is 5.10 Å². The van der Waals surface area contributed by atoms with Crippen LogP contribution < -0.4 is 4.74 Å². The number of nitrogens with zero attached hydrogens (tertiary/aromatic N) is 4. The van der Waals surface area contributed by atoms with Gasteiger partial charge < -0.3 is 9.57 Å². The van der Waals surface area contributed by atoms with Crippen LogP contribution in [0.4, 0.5) is 0 Å². The van der Waals surface area contributed by atoms with Crippen LogP contribution >= 0.6 is 11.5 Å². The van der Waals surface area contributed by atoms with Gasteiger partial charge in [0.25, 0.3) is 0 Å². The molecule has 3 rings (SSSR count). The molecule has 2 aliphatic heterocycles. The van der Waals surface area contributed by atoms with Crippen LogP contribution in [0.5, 0.6) is 5.06 Å². The highest BCUT2D eigenvalue weighted by molar-refractivity contribution is 7.07. The monoisotopic (exact) mass is 268 g/mol. The predicted octanol–water partition coefficient (Wildman–Crippen LogP) is 1.14. The predicted molar refractivity (Wildman–Crippen MR) is 67.8 cm³/mol. The smallest absolute Gasteiger partial charge is 0.221 e. The molecule has 98 valence electrons. The third-order valence-corrected chi connectivity index (χ3v) is 3.99. The van der Waals surface area contributed by atoms with Crippen molar-refractivity contribution in [3.8, 4) is 5.06 Å². The van der Waals surface area contributed by atoms with Gasteiger partial charge in [0.1, 0.15) is 0 Å². The summed E-state index contributed by atoms with van der Waals surface area (Å²) in [5.41, 5.74) is 1.90. The highest BCUT2D eigenvalue weighted by Gasteiger charge is 2.35. The fourth-order valence-corrected chi connectivity index (χ4v) is 3.00. The Bertz CT molecular complexity index is 448. The Balaban J connectivity index is 1.55. The molecule has 1 aromatic rings. The topological polar surface area (TPSA) is 59.8 Å². The first-order valence-corrected chi connectivity index (χ1v) is 6.99. The van der Waals surface area contributed by atoms with E-state index in [0.717, 1.165) is 23.8 Å². The van der Waals surface area contributed by atoms with Gasteiger partial charge in [0.2, 0.25) is 5.06 Å².